The summed E-state index contributed by atoms with van der Waals surface area (Å²) in [6.07, 6.45) is 4.72. The predicted molar refractivity (Wildman–Crippen MR) is 103 cm³/mol. The van der Waals surface area contributed by atoms with Crippen LogP contribution >= 0.6 is 11.6 Å². The lowest BCUT2D eigenvalue weighted by molar-refractivity contribution is -0.110. The van der Waals surface area contributed by atoms with Crippen LogP contribution in [0.25, 0.3) is 0 Å². The van der Waals surface area contributed by atoms with Crippen LogP contribution in [0, 0.1) is 5.92 Å². The Morgan fingerprint density at radius 1 is 1.04 bits per heavy atom. The van der Waals surface area contributed by atoms with Gasteiger partial charge in [0.15, 0.2) is 0 Å². The number of hydrogen-bond donors (Lipinski definition) is 1. The molecule has 1 aliphatic heterocycles. The van der Waals surface area contributed by atoms with Gasteiger partial charge in [-0.2, -0.15) is 0 Å². The fourth-order valence-corrected chi connectivity index (χ4v) is 4.91. The van der Waals surface area contributed by atoms with Crippen molar-refractivity contribution in [2.75, 3.05) is 6.54 Å². The first kappa shape index (κ1) is 17.6. The zero-order chi connectivity index (χ0) is 18.1. The number of hydrogen-bond acceptors (Lipinski definition) is 2. The van der Waals surface area contributed by atoms with Crippen LogP contribution in [0.15, 0.2) is 54.6 Å². The van der Waals surface area contributed by atoms with Crippen molar-refractivity contribution in [2.45, 2.75) is 43.7 Å². The molecule has 2 fully saturated rings. The molecule has 1 heterocycles. The van der Waals surface area contributed by atoms with E-state index in [9.17, 15) is 9.90 Å². The summed E-state index contributed by atoms with van der Waals surface area (Å²) in [7, 11) is 0. The lowest BCUT2D eigenvalue weighted by atomic mass is 9.66. The van der Waals surface area contributed by atoms with Crippen LogP contribution in [0.1, 0.15) is 48.0 Å². The number of halogens is 1. The Bertz CT molecular complexity index is 776. The molecule has 3 atom stereocenters. The predicted octanol–water partition coefficient (Wildman–Crippen LogP) is 4.63. The van der Waals surface area contributed by atoms with Gasteiger partial charge in [0.1, 0.15) is 0 Å². The standard InChI is InChI=1S/C22H24ClNO2/c23-18-12-10-16(11-13-18)21(25)24-15-14-22(26,17-6-2-1-3-7-17)19-8-4-5-9-20(19)24/h1-3,6-7,10-13,19-20,26H,4-5,8-9,14-15H2/t19-,20-,22-/m1/s1. The fourth-order valence-electron chi connectivity index (χ4n) is 4.78. The molecule has 0 aromatic heterocycles. The van der Waals surface area contributed by atoms with Crippen LogP contribution in [-0.2, 0) is 5.60 Å². The number of carbonyl (C=O) groups is 1. The second-order valence-corrected chi connectivity index (χ2v) is 7.94. The SMILES string of the molecule is O=C(c1ccc(Cl)cc1)N1CC[C@@](O)(c2ccccc2)[C@@H]2CCCC[C@H]21. The largest absolute Gasteiger partial charge is 0.385 e. The number of carbonyl (C=O) groups excluding carboxylic acids is 1. The molecule has 2 aliphatic rings. The average Bonchev–Trinajstić information content (AvgIpc) is 2.69. The van der Waals surface area contributed by atoms with Crippen molar-refractivity contribution in [1.29, 1.82) is 0 Å². The molecule has 0 bridgehead atoms. The van der Waals surface area contributed by atoms with Gasteiger partial charge in [0.05, 0.1) is 5.60 Å². The summed E-state index contributed by atoms with van der Waals surface area (Å²) in [5.41, 5.74) is 0.808. The summed E-state index contributed by atoms with van der Waals surface area (Å²) in [5.74, 6) is 0.136. The molecule has 1 N–H and O–H groups in total. The summed E-state index contributed by atoms with van der Waals surface area (Å²) in [6, 6.07) is 17.2. The fraction of sp³-hybridized carbons (Fsp3) is 0.409. The van der Waals surface area contributed by atoms with Crippen LogP contribution in [0.4, 0.5) is 0 Å². The maximum atomic E-state index is 13.1. The van der Waals surface area contributed by atoms with Gasteiger partial charge in [0.25, 0.3) is 5.91 Å². The third kappa shape index (κ3) is 3.04. The van der Waals surface area contributed by atoms with Crippen molar-refractivity contribution < 1.29 is 9.90 Å². The molecule has 136 valence electrons. The number of benzene rings is 2. The monoisotopic (exact) mass is 369 g/mol. The highest BCUT2D eigenvalue weighted by Gasteiger charge is 2.50. The normalized spacial score (nSPS) is 28.5. The van der Waals surface area contributed by atoms with Crippen LogP contribution in [0.5, 0.6) is 0 Å². The number of likely N-dealkylation sites (tertiary alicyclic amines) is 1. The minimum atomic E-state index is -0.844. The van der Waals surface area contributed by atoms with Crippen molar-refractivity contribution in [1.82, 2.24) is 4.90 Å². The van der Waals surface area contributed by atoms with Crippen molar-refractivity contribution in [2.24, 2.45) is 5.92 Å². The minimum Gasteiger partial charge on any atom is -0.385 e. The highest BCUT2D eigenvalue weighted by atomic mass is 35.5. The van der Waals surface area contributed by atoms with E-state index in [2.05, 4.69) is 0 Å². The van der Waals surface area contributed by atoms with Crippen molar-refractivity contribution >= 4 is 17.5 Å². The molecule has 4 heteroatoms. The topological polar surface area (TPSA) is 40.5 Å². The summed E-state index contributed by atoms with van der Waals surface area (Å²) in [4.78, 5) is 15.1. The van der Waals surface area contributed by atoms with Crippen molar-refractivity contribution in [3.8, 4) is 0 Å². The lowest BCUT2D eigenvalue weighted by Gasteiger charge is -2.52. The molecule has 0 spiro atoms. The second-order valence-electron chi connectivity index (χ2n) is 7.50. The molecule has 0 radical (unpaired) electrons. The van der Waals surface area contributed by atoms with Gasteiger partial charge in [-0.15, -0.1) is 0 Å². The van der Waals surface area contributed by atoms with Gasteiger partial charge in [-0.05, 0) is 49.1 Å². The van der Waals surface area contributed by atoms with Crippen molar-refractivity contribution in [3.05, 3.63) is 70.7 Å². The lowest BCUT2D eigenvalue weighted by Crippen LogP contribution is -2.58. The smallest absolute Gasteiger partial charge is 0.254 e. The van der Waals surface area contributed by atoms with Gasteiger partial charge < -0.3 is 10.0 Å². The summed E-state index contributed by atoms with van der Waals surface area (Å²) < 4.78 is 0. The third-order valence-electron chi connectivity index (χ3n) is 6.10. The molecule has 1 saturated carbocycles. The Morgan fingerprint density at radius 3 is 2.46 bits per heavy atom. The molecule has 2 aromatic carbocycles. The van der Waals surface area contributed by atoms with Crippen LogP contribution < -0.4 is 0 Å². The molecular formula is C22H24ClNO2. The summed E-state index contributed by atoms with van der Waals surface area (Å²) in [6.45, 7) is 0.577. The van der Waals surface area contributed by atoms with Gasteiger partial charge in [-0.1, -0.05) is 54.8 Å². The molecular weight excluding hydrogens is 346 g/mol. The van der Waals surface area contributed by atoms with E-state index < -0.39 is 5.60 Å². The first-order valence-electron chi connectivity index (χ1n) is 9.44. The summed E-state index contributed by atoms with van der Waals surface area (Å²) >= 11 is 5.96. The third-order valence-corrected chi connectivity index (χ3v) is 6.35. The number of aliphatic hydroxyl groups is 1. The Kier molecular flexibility index (Phi) is 4.76. The molecule has 1 aliphatic carbocycles. The molecule has 1 amide bonds. The molecule has 3 nitrogen and oxygen atoms in total. The molecule has 26 heavy (non-hydrogen) atoms. The van der Waals surface area contributed by atoms with Crippen LogP contribution in [0.3, 0.4) is 0 Å². The van der Waals surface area contributed by atoms with Crippen LogP contribution in [-0.4, -0.2) is 28.5 Å². The zero-order valence-electron chi connectivity index (χ0n) is 14.8. The van der Waals surface area contributed by atoms with E-state index in [0.717, 1.165) is 31.2 Å². The van der Waals surface area contributed by atoms with E-state index in [1.807, 2.05) is 35.2 Å². The highest BCUT2D eigenvalue weighted by molar-refractivity contribution is 6.30. The Hall–Kier alpha value is -1.84. The van der Waals surface area contributed by atoms with Gasteiger partial charge >= 0.3 is 0 Å². The first-order valence-corrected chi connectivity index (χ1v) is 9.82. The Balaban J connectivity index is 1.64. The summed E-state index contributed by atoms with van der Waals surface area (Å²) in [5, 5.41) is 12.2. The van der Waals surface area contributed by atoms with E-state index in [1.54, 1.807) is 24.3 Å². The maximum absolute atomic E-state index is 13.1. The highest BCUT2D eigenvalue weighted by Crippen LogP contribution is 2.47. The second kappa shape index (κ2) is 7.05. The number of piperidine rings is 1. The molecule has 4 rings (SSSR count). The maximum Gasteiger partial charge on any atom is 0.254 e. The Labute approximate surface area is 159 Å². The van der Waals surface area contributed by atoms with E-state index in [0.29, 0.717) is 23.6 Å². The minimum absolute atomic E-state index is 0.0497. The number of amides is 1. The molecule has 1 saturated heterocycles. The number of rotatable bonds is 2. The van der Waals surface area contributed by atoms with Gasteiger partial charge in [-0.25, -0.2) is 0 Å². The number of fused-ring (bicyclic) bond motifs is 1. The molecule has 0 unspecified atom stereocenters. The van der Waals surface area contributed by atoms with E-state index in [1.165, 1.54) is 0 Å². The Morgan fingerprint density at radius 2 is 1.73 bits per heavy atom. The molecule has 2 aromatic rings. The van der Waals surface area contributed by atoms with Gasteiger partial charge in [-0.3, -0.25) is 4.79 Å². The van der Waals surface area contributed by atoms with Gasteiger partial charge in [0, 0.05) is 29.1 Å². The van der Waals surface area contributed by atoms with E-state index in [4.69, 9.17) is 11.6 Å². The van der Waals surface area contributed by atoms with Gasteiger partial charge in [0.2, 0.25) is 0 Å². The quantitative estimate of drug-likeness (QED) is 0.838. The van der Waals surface area contributed by atoms with Crippen LogP contribution in [0.2, 0.25) is 5.02 Å². The zero-order valence-corrected chi connectivity index (χ0v) is 15.5. The first-order chi connectivity index (χ1) is 12.6. The van der Waals surface area contributed by atoms with E-state index in [-0.39, 0.29) is 17.9 Å². The van der Waals surface area contributed by atoms with Crippen molar-refractivity contribution in [3.63, 3.8) is 0 Å². The number of nitrogens with zero attached hydrogens (tertiary/aromatic N) is 1. The van der Waals surface area contributed by atoms with E-state index >= 15 is 0 Å². The average molecular weight is 370 g/mol.